The van der Waals surface area contributed by atoms with Gasteiger partial charge in [0.15, 0.2) is 5.69 Å². The summed E-state index contributed by atoms with van der Waals surface area (Å²) >= 11 is 0. The smallest absolute Gasteiger partial charge is 0.357 e. The van der Waals surface area contributed by atoms with E-state index in [2.05, 4.69) is 23.8 Å². The molecule has 88 valence electrons. The standard InChI is InChI=1S/C12H18N2O2/c1-4-9(5-2)10-7-11(14-8-13-10)12(15)16-6-3/h7-9H,4-6H2,1-3H3. The normalized spacial score (nSPS) is 10.5. The van der Waals surface area contributed by atoms with E-state index in [-0.39, 0.29) is 5.97 Å². The van der Waals surface area contributed by atoms with Gasteiger partial charge in [-0.3, -0.25) is 0 Å². The van der Waals surface area contributed by atoms with Crippen molar-refractivity contribution in [3.63, 3.8) is 0 Å². The van der Waals surface area contributed by atoms with Gasteiger partial charge in [-0.1, -0.05) is 13.8 Å². The molecule has 0 spiro atoms. The van der Waals surface area contributed by atoms with Crippen molar-refractivity contribution in [3.05, 3.63) is 23.8 Å². The van der Waals surface area contributed by atoms with E-state index in [9.17, 15) is 4.79 Å². The van der Waals surface area contributed by atoms with E-state index < -0.39 is 0 Å². The minimum absolute atomic E-state index is 0.346. The average Bonchev–Trinajstić information content (AvgIpc) is 2.31. The Morgan fingerprint density at radius 3 is 2.56 bits per heavy atom. The van der Waals surface area contributed by atoms with E-state index in [0.717, 1.165) is 18.5 Å². The van der Waals surface area contributed by atoms with Crippen LogP contribution in [-0.2, 0) is 4.74 Å². The number of hydrogen-bond acceptors (Lipinski definition) is 4. The molecular formula is C12H18N2O2. The summed E-state index contributed by atoms with van der Waals surface area (Å²) < 4.78 is 4.90. The maximum Gasteiger partial charge on any atom is 0.357 e. The van der Waals surface area contributed by atoms with Gasteiger partial charge in [-0.05, 0) is 25.8 Å². The zero-order chi connectivity index (χ0) is 12.0. The summed E-state index contributed by atoms with van der Waals surface area (Å²) in [6.07, 6.45) is 3.45. The first-order valence-corrected chi connectivity index (χ1v) is 5.71. The van der Waals surface area contributed by atoms with E-state index in [0.29, 0.717) is 18.2 Å². The number of rotatable bonds is 5. The molecule has 0 radical (unpaired) electrons. The Balaban J connectivity index is 2.89. The van der Waals surface area contributed by atoms with Crippen LogP contribution in [0.25, 0.3) is 0 Å². The van der Waals surface area contributed by atoms with Gasteiger partial charge >= 0.3 is 5.97 Å². The van der Waals surface area contributed by atoms with Crippen molar-refractivity contribution in [2.75, 3.05) is 6.61 Å². The zero-order valence-corrected chi connectivity index (χ0v) is 10.1. The molecule has 0 atom stereocenters. The molecule has 1 aromatic rings. The summed E-state index contributed by atoms with van der Waals surface area (Å²) in [6, 6.07) is 1.73. The molecule has 1 aromatic heterocycles. The van der Waals surface area contributed by atoms with E-state index in [4.69, 9.17) is 4.74 Å². The predicted octanol–water partition coefficient (Wildman–Crippen LogP) is 2.56. The molecular weight excluding hydrogens is 204 g/mol. The van der Waals surface area contributed by atoms with Crippen LogP contribution >= 0.6 is 0 Å². The molecule has 0 aliphatic rings. The van der Waals surface area contributed by atoms with Crippen molar-refractivity contribution >= 4 is 5.97 Å². The highest BCUT2D eigenvalue weighted by atomic mass is 16.5. The van der Waals surface area contributed by atoms with Crippen molar-refractivity contribution < 1.29 is 9.53 Å². The fourth-order valence-corrected chi connectivity index (χ4v) is 1.62. The second kappa shape index (κ2) is 6.20. The molecule has 0 fully saturated rings. The minimum atomic E-state index is -0.378. The van der Waals surface area contributed by atoms with Crippen LogP contribution in [0.15, 0.2) is 12.4 Å². The van der Waals surface area contributed by atoms with Crippen LogP contribution in [0, 0.1) is 0 Å². The molecule has 0 N–H and O–H groups in total. The monoisotopic (exact) mass is 222 g/mol. The molecule has 0 saturated heterocycles. The lowest BCUT2D eigenvalue weighted by atomic mass is 9.99. The largest absolute Gasteiger partial charge is 0.461 e. The summed E-state index contributed by atoms with van der Waals surface area (Å²) in [5, 5.41) is 0. The van der Waals surface area contributed by atoms with Gasteiger partial charge < -0.3 is 4.74 Å². The summed E-state index contributed by atoms with van der Waals surface area (Å²) in [5.74, 6) is 0.00767. The van der Waals surface area contributed by atoms with E-state index >= 15 is 0 Å². The van der Waals surface area contributed by atoms with Crippen molar-refractivity contribution in [1.29, 1.82) is 0 Å². The molecule has 16 heavy (non-hydrogen) atoms. The molecule has 1 heterocycles. The quantitative estimate of drug-likeness (QED) is 0.718. The zero-order valence-electron chi connectivity index (χ0n) is 10.1. The molecule has 0 aliphatic heterocycles. The molecule has 0 amide bonds. The summed E-state index contributed by atoms with van der Waals surface area (Å²) in [6.45, 7) is 6.37. The van der Waals surface area contributed by atoms with E-state index in [1.54, 1.807) is 13.0 Å². The maximum absolute atomic E-state index is 11.5. The summed E-state index contributed by atoms with van der Waals surface area (Å²) in [5.41, 5.74) is 1.27. The Morgan fingerprint density at radius 1 is 1.31 bits per heavy atom. The number of carbonyl (C=O) groups is 1. The topological polar surface area (TPSA) is 52.1 Å². The van der Waals surface area contributed by atoms with Gasteiger partial charge in [0.2, 0.25) is 0 Å². The molecule has 0 bridgehead atoms. The molecule has 4 heteroatoms. The van der Waals surface area contributed by atoms with Gasteiger partial charge in [0.25, 0.3) is 0 Å². The molecule has 0 saturated carbocycles. The van der Waals surface area contributed by atoms with Crippen molar-refractivity contribution in [3.8, 4) is 0 Å². The van der Waals surface area contributed by atoms with Crippen molar-refractivity contribution in [1.82, 2.24) is 9.97 Å². The number of esters is 1. The highest BCUT2D eigenvalue weighted by molar-refractivity contribution is 5.87. The first-order valence-electron chi connectivity index (χ1n) is 5.71. The van der Waals surface area contributed by atoms with Crippen LogP contribution in [0.3, 0.4) is 0 Å². The third kappa shape index (κ3) is 3.02. The van der Waals surface area contributed by atoms with Gasteiger partial charge in [-0.25, -0.2) is 14.8 Å². The first-order chi connectivity index (χ1) is 7.72. The second-order valence-electron chi connectivity index (χ2n) is 3.56. The minimum Gasteiger partial charge on any atom is -0.461 e. The Morgan fingerprint density at radius 2 is 2.00 bits per heavy atom. The highest BCUT2D eigenvalue weighted by Gasteiger charge is 2.13. The first kappa shape index (κ1) is 12.6. The summed E-state index contributed by atoms with van der Waals surface area (Å²) in [4.78, 5) is 19.6. The number of carbonyl (C=O) groups excluding carboxylic acids is 1. The third-order valence-electron chi connectivity index (χ3n) is 2.58. The lowest BCUT2D eigenvalue weighted by Crippen LogP contribution is -2.09. The van der Waals surface area contributed by atoms with E-state index in [1.165, 1.54) is 6.33 Å². The Hall–Kier alpha value is -1.45. The highest BCUT2D eigenvalue weighted by Crippen LogP contribution is 2.20. The van der Waals surface area contributed by atoms with Gasteiger partial charge in [-0.15, -0.1) is 0 Å². The third-order valence-corrected chi connectivity index (χ3v) is 2.58. The van der Waals surface area contributed by atoms with E-state index in [1.807, 2.05) is 0 Å². The van der Waals surface area contributed by atoms with Crippen LogP contribution in [0.2, 0.25) is 0 Å². The Kier molecular flexibility index (Phi) is 4.89. The van der Waals surface area contributed by atoms with Crippen LogP contribution in [0.1, 0.15) is 55.7 Å². The molecule has 4 nitrogen and oxygen atoms in total. The van der Waals surface area contributed by atoms with Crippen molar-refractivity contribution in [2.45, 2.75) is 39.5 Å². The molecule has 1 rings (SSSR count). The Labute approximate surface area is 96.1 Å². The van der Waals surface area contributed by atoms with Gasteiger partial charge in [0, 0.05) is 11.6 Å². The predicted molar refractivity (Wildman–Crippen MR) is 61.3 cm³/mol. The number of hydrogen-bond donors (Lipinski definition) is 0. The van der Waals surface area contributed by atoms with Gasteiger partial charge in [0.05, 0.1) is 6.61 Å². The van der Waals surface area contributed by atoms with Crippen LogP contribution in [0.5, 0.6) is 0 Å². The van der Waals surface area contributed by atoms with Crippen LogP contribution in [0.4, 0.5) is 0 Å². The molecule has 0 aromatic carbocycles. The SMILES string of the molecule is CCOC(=O)c1cc(C(CC)CC)ncn1. The Bertz CT molecular complexity index is 349. The number of nitrogens with zero attached hydrogens (tertiary/aromatic N) is 2. The molecule has 0 unspecified atom stereocenters. The summed E-state index contributed by atoms with van der Waals surface area (Å²) in [7, 11) is 0. The maximum atomic E-state index is 11.5. The number of aromatic nitrogens is 2. The molecule has 0 aliphatic carbocycles. The van der Waals surface area contributed by atoms with Crippen LogP contribution in [-0.4, -0.2) is 22.5 Å². The van der Waals surface area contributed by atoms with Crippen LogP contribution < -0.4 is 0 Å². The number of ether oxygens (including phenoxy) is 1. The fraction of sp³-hybridized carbons (Fsp3) is 0.583. The van der Waals surface area contributed by atoms with Gasteiger partial charge in [-0.2, -0.15) is 0 Å². The average molecular weight is 222 g/mol. The fourth-order valence-electron chi connectivity index (χ4n) is 1.62. The second-order valence-corrected chi connectivity index (χ2v) is 3.56. The van der Waals surface area contributed by atoms with Gasteiger partial charge in [0.1, 0.15) is 6.33 Å². The lowest BCUT2D eigenvalue weighted by Gasteiger charge is -2.11. The lowest BCUT2D eigenvalue weighted by molar-refractivity contribution is 0.0519. The van der Waals surface area contributed by atoms with Crippen molar-refractivity contribution in [2.24, 2.45) is 0 Å².